The van der Waals surface area contributed by atoms with Crippen molar-refractivity contribution in [2.75, 3.05) is 5.33 Å². The van der Waals surface area contributed by atoms with E-state index in [1.807, 2.05) is 0 Å². The molecule has 1 aromatic carbocycles. The normalized spacial score (nSPS) is 10.6. The minimum absolute atomic E-state index is 0.211. The quantitative estimate of drug-likeness (QED) is 0.739. The molecule has 0 aliphatic heterocycles. The third-order valence-corrected chi connectivity index (χ3v) is 2.31. The Balaban J connectivity index is 2.50. The van der Waals surface area contributed by atoms with Crippen LogP contribution < -0.4 is 4.74 Å². The van der Waals surface area contributed by atoms with Gasteiger partial charge in [0, 0.05) is 5.33 Å². The molecule has 1 rings (SSSR count). The van der Waals surface area contributed by atoms with Gasteiger partial charge in [-0.3, -0.25) is 0 Å². The van der Waals surface area contributed by atoms with Crippen LogP contribution in [0.4, 0.5) is 8.78 Å². The third kappa shape index (κ3) is 4.05. The summed E-state index contributed by atoms with van der Waals surface area (Å²) in [5.41, 5.74) is 1.13. The van der Waals surface area contributed by atoms with Crippen LogP contribution in [-0.4, -0.2) is 11.9 Å². The second-order valence-electron chi connectivity index (χ2n) is 2.81. The van der Waals surface area contributed by atoms with E-state index in [1.165, 1.54) is 0 Å². The van der Waals surface area contributed by atoms with Crippen molar-refractivity contribution < 1.29 is 13.5 Å². The van der Waals surface area contributed by atoms with E-state index >= 15 is 0 Å². The number of hydrogen-bond donors (Lipinski definition) is 0. The monoisotopic (exact) mass is 264 g/mol. The Labute approximate surface area is 90.2 Å². The summed E-state index contributed by atoms with van der Waals surface area (Å²) in [6.07, 6.45) is 1.98. The fourth-order valence-corrected chi connectivity index (χ4v) is 1.39. The average molecular weight is 265 g/mol. The van der Waals surface area contributed by atoms with Crippen molar-refractivity contribution in [3.63, 3.8) is 0 Å². The summed E-state index contributed by atoms with van der Waals surface area (Å²) in [6.45, 7) is -2.75. The average Bonchev–Trinajstić information content (AvgIpc) is 2.16. The molecular formula is C10H11BrF2O. The van der Waals surface area contributed by atoms with Gasteiger partial charge in [-0.05, 0) is 30.5 Å². The zero-order valence-electron chi connectivity index (χ0n) is 7.55. The highest BCUT2D eigenvalue weighted by Crippen LogP contribution is 2.15. The van der Waals surface area contributed by atoms with E-state index < -0.39 is 6.61 Å². The van der Waals surface area contributed by atoms with Gasteiger partial charge in [0.05, 0.1) is 0 Å². The lowest BCUT2D eigenvalue weighted by molar-refractivity contribution is -0.0498. The van der Waals surface area contributed by atoms with Crippen LogP contribution >= 0.6 is 15.9 Å². The summed E-state index contributed by atoms with van der Waals surface area (Å²) in [6, 6.07) is 6.74. The number of ether oxygens (including phenoxy) is 1. The van der Waals surface area contributed by atoms with Crippen LogP contribution in [0.15, 0.2) is 24.3 Å². The SMILES string of the molecule is FC(F)Oc1ccc(CCCBr)cc1. The molecule has 14 heavy (non-hydrogen) atoms. The molecule has 1 aromatic rings. The van der Waals surface area contributed by atoms with Crippen LogP contribution in [0.5, 0.6) is 5.75 Å². The van der Waals surface area contributed by atoms with Gasteiger partial charge in [-0.15, -0.1) is 0 Å². The molecular weight excluding hydrogens is 254 g/mol. The summed E-state index contributed by atoms with van der Waals surface area (Å²) in [5.74, 6) is 0.211. The number of rotatable bonds is 5. The lowest BCUT2D eigenvalue weighted by Gasteiger charge is -2.05. The second kappa shape index (κ2) is 5.96. The number of halogens is 3. The largest absolute Gasteiger partial charge is 0.435 e. The van der Waals surface area contributed by atoms with Gasteiger partial charge in [0.1, 0.15) is 5.75 Å². The highest BCUT2D eigenvalue weighted by atomic mass is 79.9. The molecule has 0 amide bonds. The van der Waals surface area contributed by atoms with Crippen LogP contribution in [0.3, 0.4) is 0 Å². The molecule has 0 saturated carbocycles. The van der Waals surface area contributed by atoms with Crippen molar-refractivity contribution in [1.29, 1.82) is 0 Å². The smallest absolute Gasteiger partial charge is 0.387 e. The molecule has 0 aromatic heterocycles. The van der Waals surface area contributed by atoms with Crippen LogP contribution in [0, 0.1) is 0 Å². The van der Waals surface area contributed by atoms with Gasteiger partial charge in [0.25, 0.3) is 0 Å². The van der Waals surface area contributed by atoms with E-state index in [4.69, 9.17) is 0 Å². The van der Waals surface area contributed by atoms with Crippen LogP contribution in [0.1, 0.15) is 12.0 Å². The molecule has 0 N–H and O–H groups in total. The molecule has 0 atom stereocenters. The van der Waals surface area contributed by atoms with Gasteiger partial charge in [0.2, 0.25) is 0 Å². The Kier molecular flexibility index (Phi) is 4.87. The van der Waals surface area contributed by atoms with Crippen molar-refractivity contribution in [3.05, 3.63) is 29.8 Å². The minimum Gasteiger partial charge on any atom is -0.435 e. The first kappa shape index (κ1) is 11.4. The Bertz CT molecular complexity index is 261. The fraction of sp³-hybridized carbons (Fsp3) is 0.400. The second-order valence-corrected chi connectivity index (χ2v) is 3.61. The molecule has 78 valence electrons. The van der Waals surface area contributed by atoms with E-state index in [2.05, 4.69) is 20.7 Å². The highest BCUT2D eigenvalue weighted by molar-refractivity contribution is 9.09. The standard InChI is InChI=1S/C10H11BrF2O/c11-7-1-2-8-3-5-9(6-4-8)14-10(12)13/h3-6,10H,1-2,7H2. The first-order valence-electron chi connectivity index (χ1n) is 4.32. The first-order valence-corrected chi connectivity index (χ1v) is 5.44. The van der Waals surface area contributed by atoms with Crippen molar-refractivity contribution in [3.8, 4) is 5.75 Å². The van der Waals surface area contributed by atoms with Gasteiger partial charge >= 0.3 is 6.61 Å². The van der Waals surface area contributed by atoms with Crippen LogP contribution in [0.2, 0.25) is 0 Å². The maximum atomic E-state index is 11.8. The summed E-state index contributed by atoms with van der Waals surface area (Å²) in [4.78, 5) is 0. The van der Waals surface area contributed by atoms with Gasteiger partial charge in [-0.2, -0.15) is 8.78 Å². The molecule has 0 saturated heterocycles. The summed E-state index contributed by atoms with van der Waals surface area (Å²) in [5, 5.41) is 0.947. The molecule has 4 heteroatoms. The van der Waals surface area contributed by atoms with Gasteiger partial charge in [0.15, 0.2) is 0 Å². The zero-order chi connectivity index (χ0) is 10.4. The molecule has 0 unspecified atom stereocenters. The molecule has 0 bridgehead atoms. The van der Waals surface area contributed by atoms with E-state index in [-0.39, 0.29) is 5.75 Å². The molecule has 0 heterocycles. The van der Waals surface area contributed by atoms with E-state index in [1.54, 1.807) is 24.3 Å². The Morgan fingerprint density at radius 1 is 1.21 bits per heavy atom. The van der Waals surface area contributed by atoms with Crippen molar-refractivity contribution >= 4 is 15.9 Å². The predicted octanol–water partition coefficient (Wildman–Crippen LogP) is 3.62. The van der Waals surface area contributed by atoms with Crippen LogP contribution in [0.25, 0.3) is 0 Å². The van der Waals surface area contributed by atoms with E-state index in [0.717, 1.165) is 23.7 Å². The summed E-state index contributed by atoms with van der Waals surface area (Å²) >= 11 is 3.33. The first-order chi connectivity index (χ1) is 6.72. The fourth-order valence-electron chi connectivity index (χ4n) is 1.11. The van der Waals surface area contributed by atoms with Gasteiger partial charge < -0.3 is 4.74 Å². The number of hydrogen-bond acceptors (Lipinski definition) is 1. The number of alkyl halides is 3. The predicted molar refractivity (Wildman–Crippen MR) is 55.2 cm³/mol. The van der Waals surface area contributed by atoms with Crippen molar-refractivity contribution in [2.45, 2.75) is 19.5 Å². The van der Waals surface area contributed by atoms with Crippen LogP contribution in [-0.2, 0) is 6.42 Å². The third-order valence-electron chi connectivity index (χ3n) is 1.75. The Morgan fingerprint density at radius 3 is 2.36 bits per heavy atom. The molecule has 0 aliphatic rings. The molecule has 0 fully saturated rings. The Morgan fingerprint density at radius 2 is 1.86 bits per heavy atom. The van der Waals surface area contributed by atoms with E-state index in [0.29, 0.717) is 0 Å². The molecule has 0 spiro atoms. The highest BCUT2D eigenvalue weighted by Gasteiger charge is 2.03. The minimum atomic E-state index is -2.75. The van der Waals surface area contributed by atoms with Gasteiger partial charge in [-0.25, -0.2) is 0 Å². The maximum absolute atomic E-state index is 11.8. The lowest BCUT2D eigenvalue weighted by atomic mass is 10.1. The summed E-state index contributed by atoms with van der Waals surface area (Å²) < 4.78 is 27.8. The number of benzene rings is 1. The van der Waals surface area contributed by atoms with Crippen molar-refractivity contribution in [1.82, 2.24) is 0 Å². The molecule has 0 aliphatic carbocycles. The van der Waals surface area contributed by atoms with E-state index in [9.17, 15) is 8.78 Å². The maximum Gasteiger partial charge on any atom is 0.387 e. The number of aryl methyl sites for hydroxylation is 1. The molecule has 0 radical (unpaired) electrons. The molecule has 1 nitrogen and oxygen atoms in total. The zero-order valence-corrected chi connectivity index (χ0v) is 9.14. The van der Waals surface area contributed by atoms with Crippen molar-refractivity contribution in [2.24, 2.45) is 0 Å². The van der Waals surface area contributed by atoms with Gasteiger partial charge in [-0.1, -0.05) is 28.1 Å². The Hall–Kier alpha value is -0.640. The topological polar surface area (TPSA) is 9.23 Å². The summed E-state index contributed by atoms with van der Waals surface area (Å²) in [7, 11) is 0. The lowest BCUT2D eigenvalue weighted by Crippen LogP contribution is -2.01.